The van der Waals surface area contributed by atoms with Crippen LogP contribution >= 0.6 is 0 Å². The van der Waals surface area contributed by atoms with Gasteiger partial charge in [0.05, 0.1) is 12.8 Å². The molecule has 1 aliphatic heterocycles. The number of rotatable bonds is 2. The molecule has 6 nitrogen and oxygen atoms in total. The van der Waals surface area contributed by atoms with Gasteiger partial charge < -0.3 is 16.2 Å². The van der Waals surface area contributed by atoms with Crippen LogP contribution < -0.4 is 11.5 Å². The number of ether oxygens (including phenoxy) is 1. The van der Waals surface area contributed by atoms with E-state index in [-0.39, 0.29) is 11.3 Å². The number of amidine groups is 1. The van der Waals surface area contributed by atoms with E-state index in [1.807, 2.05) is 0 Å². The normalized spacial score (nSPS) is 28.3. The number of pyridine rings is 1. The summed E-state index contributed by atoms with van der Waals surface area (Å²) in [5, 5.41) is 0. The Kier molecular flexibility index (Phi) is 3.84. The first kappa shape index (κ1) is 17.1. The Morgan fingerprint density at radius 1 is 1.39 bits per heavy atom. The molecule has 1 amide bonds. The zero-order valence-electron chi connectivity index (χ0n) is 12.2. The number of carbonyl (C=O) groups excluding carboxylic acids is 1. The second kappa shape index (κ2) is 5.15. The quantitative estimate of drug-likeness (QED) is 0.794. The van der Waals surface area contributed by atoms with Crippen molar-refractivity contribution in [3.05, 3.63) is 29.3 Å². The highest BCUT2D eigenvalue weighted by Gasteiger charge is 2.59. The Hall–Kier alpha value is -2.23. The number of halogens is 4. The molecule has 0 radical (unpaired) electrons. The van der Waals surface area contributed by atoms with Crippen LogP contribution in [0.2, 0.25) is 0 Å². The van der Waals surface area contributed by atoms with Gasteiger partial charge in [0, 0.05) is 5.56 Å². The van der Waals surface area contributed by atoms with E-state index < -0.39 is 41.5 Å². The number of hydrogen-bond donors (Lipinski definition) is 2. The molecule has 0 spiro atoms. The molecule has 1 aromatic rings. The number of aromatic nitrogens is 1. The summed E-state index contributed by atoms with van der Waals surface area (Å²) in [7, 11) is 0. The molecule has 1 aliphatic rings. The first-order chi connectivity index (χ1) is 10.4. The number of alkyl halides is 3. The second-order valence-corrected chi connectivity index (χ2v) is 5.50. The minimum atomic E-state index is -4.78. The third kappa shape index (κ3) is 2.74. The van der Waals surface area contributed by atoms with E-state index in [2.05, 4.69) is 9.98 Å². The van der Waals surface area contributed by atoms with Crippen molar-refractivity contribution in [1.82, 2.24) is 4.98 Å². The van der Waals surface area contributed by atoms with Crippen LogP contribution in [0.15, 0.2) is 17.3 Å². The highest BCUT2D eigenvalue weighted by Crippen LogP contribution is 2.41. The maximum absolute atomic E-state index is 14.0. The van der Waals surface area contributed by atoms with Gasteiger partial charge in [0.25, 0.3) is 5.91 Å². The number of carbonyl (C=O) groups is 1. The molecule has 0 fully saturated rings. The van der Waals surface area contributed by atoms with E-state index in [1.165, 1.54) is 6.92 Å². The van der Waals surface area contributed by atoms with Crippen molar-refractivity contribution in [3.8, 4) is 0 Å². The Bertz CT molecular complexity index is 691. The van der Waals surface area contributed by atoms with Crippen LogP contribution in [0.4, 0.5) is 17.6 Å². The molecule has 0 aliphatic carbocycles. The molecule has 0 saturated carbocycles. The molecule has 0 bridgehead atoms. The monoisotopic (exact) mass is 334 g/mol. The predicted molar refractivity (Wildman–Crippen MR) is 72.1 cm³/mol. The minimum absolute atomic E-state index is 0.187. The highest BCUT2D eigenvalue weighted by molar-refractivity contribution is 5.92. The SMILES string of the molecule is CC1(c2cc(C(N)=O)ncc2F)COC(C)(C(F)(F)F)C(N)=N1. The lowest BCUT2D eigenvalue weighted by Crippen LogP contribution is -2.60. The largest absolute Gasteiger partial charge is 0.424 e. The zero-order chi connectivity index (χ0) is 17.6. The van der Waals surface area contributed by atoms with E-state index >= 15 is 0 Å². The fourth-order valence-electron chi connectivity index (χ4n) is 2.11. The third-order valence-electron chi connectivity index (χ3n) is 3.73. The summed E-state index contributed by atoms with van der Waals surface area (Å²) in [6.07, 6.45) is -4.04. The Balaban J connectivity index is 2.54. The summed E-state index contributed by atoms with van der Waals surface area (Å²) >= 11 is 0. The number of nitrogens with zero attached hydrogens (tertiary/aromatic N) is 2. The maximum atomic E-state index is 14.0. The molecule has 10 heteroatoms. The predicted octanol–water partition coefficient (Wildman–Crippen LogP) is 1.24. The van der Waals surface area contributed by atoms with Gasteiger partial charge >= 0.3 is 6.18 Å². The molecule has 2 heterocycles. The van der Waals surface area contributed by atoms with Crippen LogP contribution in [0.25, 0.3) is 0 Å². The standard InChI is InChI=1S/C13H14F4N4O2/c1-11(6-3-8(9(18)22)20-4-7(6)14)5-23-12(2,10(19)21-11)13(15,16)17/h3-4H,5H2,1-2H3,(H2,18,22)(H2,19,21). The van der Waals surface area contributed by atoms with Crippen LogP contribution in [0, 0.1) is 5.82 Å². The van der Waals surface area contributed by atoms with Crippen LogP contribution in [-0.2, 0) is 10.3 Å². The molecule has 0 saturated heterocycles. The second-order valence-electron chi connectivity index (χ2n) is 5.50. The molecule has 0 aromatic carbocycles. The van der Waals surface area contributed by atoms with Gasteiger partial charge in [0.15, 0.2) is 0 Å². The van der Waals surface area contributed by atoms with E-state index in [0.717, 1.165) is 19.2 Å². The average molecular weight is 334 g/mol. The Morgan fingerprint density at radius 2 is 2.00 bits per heavy atom. The van der Waals surface area contributed by atoms with E-state index in [4.69, 9.17) is 16.2 Å². The molecule has 1 aromatic heterocycles. The van der Waals surface area contributed by atoms with Gasteiger partial charge in [0.2, 0.25) is 5.60 Å². The molecule has 4 N–H and O–H groups in total. The molecular formula is C13H14F4N4O2. The van der Waals surface area contributed by atoms with Crippen molar-refractivity contribution in [1.29, 1.82) is 0 Å². The number of aliphatic imine (C=N–C) groups is 1. The zero-order valence-corrected chi connectivity index (χ0v) is 12.2. The molecule has 2 rings (SSSR count). The van der Waals surface area contributed by atoms with Gasteiger partial charge in [0.1, 0.15) is 22.9 Å². The highest BCUT2D eigenvalue weighted by atomic mass is 19.4. The molecular weight excluding hydrogens is 320 g/mol. The maximum Gasteiger partial charge on any atom is 0.424 e. The van der Waals surface area contributed by atoms with Gasteiger partial charge in [-0.2, -0.15) is 13.2 Å². The number of nitrogens with two attached hydrogens (primary N) is 2. The van der Waals surface area contributed by atoms with Crippen LogP contribution in [0.1, 0.15) is 29.9 Å². The van der Waals surface area contributed by atoms with Gasteiger partial charge in [-0.15, -0.1) is 0 Å². The lowest BCUT2D eigenvalue weighted by Gasteiger charge is -2.40. The smallest absolute Gasteiger partial charge is 0.385 e. The van der Waals surface area contributed by atoms with Crippen molar-refractivity contribution in [3.63, 3.8) is 0 Å². The fraction of sp³-hybridized carbons (Fsp3) is 0.462. The van der Waals surface area contributed by atoms with Crippen molar-refractivity contribution < 1.29 is 27.1 Å². The minimum Gasteiger partial charge on any atom is -0.385 e. The first-order valence-corrected chi connectivity index (χ1v) is 6.43. The first-order valence-electron chi connectivity index (χ1n) is 6.43. The Labute approximate surface area is 128 Å². The molecule has 2 unspecified atom stereocenters. The van der Waals surface area contributed by atoms with Crippen LogP contribution in [0.3, 0.4) is 0 Å². The van der Waals surface area contributed by atoms with Crippen molar-refractivity contribution >= 4 is 11.7 Å². The van der Waals surface area contributed by atoms with Crippen molar-refractivity contribution in [2.24, 2.45) is 16.5 Å². The summed E-state index contributed by atoms with van der Waals surface area (Å²) in [5.74, 6) is -2.62. The number of hydrogen-bond acceptors (Lipinski definition) is 5. The topological polar surface area (TPSA) is 104 Å². The van der Waals surface area contributed by atoms with E-state index in [1.54, 1.807) is 0 Å². The molecule has 2 atom stereocenters. The Morgan fingerprint density at radius 3 is 2.48 bits per heavy atom. The third-order valence-corrected chi connectivity index (χ3v) is 3.73. The molecule has 126 valence electrons. The van der Waals surface area contributed by atoms with Gasteiger partial charge in [-0.3, -0.25) is 9.79 Å². The summed E-state index contributed by atoms with van der Waals surface area (Å²) in [4.78, 5) is 18.4. The molecule has 23 heavy (non-hydrogen) atoms. The number of primary amides is 1. The van der Waals surface area contributed by atoms with Gasteiger partial charge in [-0.25, -0.2) is 9.37 Å². The van der Waals surface area contributed by atoms with Gasteiger partial charge in [-0.05, 0) is 19.9 Å². The van der Waals surface area contributed by atoms with Crippen LogP contribution in [-0.4, -0.2) is 35.1 Å². The average Bonchev–Trinajstić information content (AvgIpc) is 2.42. The summed E-state index contributed by atoms with van der Waals surface area (Å²) in [6.45, 7) is 1.48. The summed E-state index contributed by atoms with van der Waals surface area (Å²) in [5.41, 5.74) is 5.76. The lowest BCUT2D eigenvalue weighted by atomic mass is 9.89. The van der Waals surface area contributed by atoms with Crippen LogP contribution in [0.5, 0.6) is 0 Å². The number of amides is 1. The lowest BCUT2D eigenvalue weighted by molar-refractivity contribution is -0.249. The van der Waals surface area contributed by atoms with E-state index in [9.17, 15) is 22.4 Å². The van der Waals surface area contributed by atoms with Crippen molar-refractivity contribution in [2.75, 3.05) is 6.61 Å². The summed E-state index contributed by atoms with van der Waals surface area (Å²) < 4.78 is 58.0. The summed E-state index contributed by atoms with van der Waals surface area (Å²) in [6, 6.07) is 1.02. The van der Waals surface area contributed by atoms with Crippen molar-refractivity contribution in [2.45, 2.75) is 31.2 Å². The van der Waals surface area contributed by atoms with Gasteiger partial charge in [-0.1, -0.05) is 0 Å². The van der Waals surface area contributed by atoms with E-state index in [0.29, 0.717) is 0 Å². The fourth-order valence-corrected chi connectivity index (χ4v) is 2.11.